The van der Waals surface area contributed by atoms with Crippen molar-refractivity contribution in [1.29, 1.82) is 0 Å². The number of hydrogen-bond acceptors (Lipinski definition) is 8. The molecule has 264 valence electrons. The lowest BCUT2D eigenvalue weighted by Crippen LogP contribution is -2.17. The molecule has 2 saturated carbocycles. The predicted octanol–water partition coefficient (Wildman–Crippen LogP) is 9.39. The summed E-state index contributed by atoms with van der Waals surface area (Å²) in [6.07, 6.45) is 19.3. The number of ether oxygens (including phenoxy) is 2. The van der Waals surface area contributed by atoms with Crippen molar-refractivity contribution < 1.29 is 28.7 Å². The third-order valence-electron chi connectivity index (χ3n) is 9.29. The van der Waals surface area contributed by atoms with Gasteiger partial charge < -0.3 is 9.47 Å². The van der Waals surface area contributed by atoms with Crippen LogP contribution in [0.2, 0.25) is 0 Å². The predicted molar refractivity (Wildman–Crippen MR) is 205 cm³/mol. The van der Waals surface area contributed by atoms with E-state index in [2.05, 4.69) is 10.6 Å². The van der Waals surface area contributed by atoms with Gasteiger partial charge >= 0.3 is 0 Å². The second-order valence-corrected chi connectivity index (χ2v) is 15.1. The summed E-state index contributed by atoms with van der Waals surface area (Å²) in [6.45, 7) is 5.54. The zero-order valence-electron chi connectivity index (χ0n) is 28.6. The standard InChI is InChI=1S/2C19H23NO3S.H3P/c2*1-13-11-15(12-17-18(21)20-19(22)24-17)7-8-16(13)23-10-9-14-5-3-2-4-6-14;/h2*7-8,11-12,14H,2-6,9-10H2,1H3,(H,20,21,22);1H3. The SMILES string of the molecule is Cc1cc(C=C2SC(=O)NC2=O)ccc1OCCC1CCCCC1.Cc1cc(C=C2SC(=O)NC2=O)ccc1OCCC1CCCCC1.P. The average molecular weight is 725 g/mol. The van der Waals surface area contributed by atoms with Crippen molar-refractivity contribution >= 4 is 67.9 Å². The number of carbonyl (C=O) groups is 4. The first-order valence-corrected chi connectivity index (χ1v) is 18.8. The van der Waals surface area contributed by atoms with E-state index >= 15 is 0 Å². The van der Waals surface area contributed by atoms with Gasteiger partial charge in [-0.15, -0.1) is 0 Å². The molecule has 4 amide bonds. The van der Waals surface area contributed by atoms with Crippen LogP contribution >= 0.6 is 33.4 Å². The number of carbonyl (C=O) groups excluding carboxylic acids is 4. The Morgan fingerprint density at radius 1 is 0.633 bits per heavy atom. The summed E-state index contributed by atoms with van der Waals surface area (Å²) in [5, 5.41) is 3.90. The molecule has 2 aromatic rings. The second-order valence-electron chi connectivity index (χ2n) is 13.0. The monoisotopic (exact) mass is 724 g/mol. The van der Waals surface area contributed by atoms with E-state index in [4.69, 9.17) is 9.47 Å². The Morgan fingerprint density at radius 2 is 1.02 bits per heavy atom. The van der Waals surface area contributed by atoms with Crippen LogP contribution in [0, 0.1) is 25.7 Å². The lowest BCUT2D eigenvalue weighted by atomic mass is 9.87. The molecule has 2 N–H and O–H groups in total. The molecule has 6 rings (SSSR count). The van der Waals surface area contributed by atoms with Crippen LogP contribution in [0.15, 0.2) is 46.2 Å². The minimum atomic E-state index is -0.324. The van der Waals surface area contributed by atoms with E-state index in [1.54, 1.807) is 12.2 Å². The summed E-state index contributed by atoms with van der Waals surface area (Å²) in [4.78, 5) is 46.4. The highest BCUT2D eigenvalue weighted by Crippen LogP contribution is 2.31. The van der Waals surface area contributed by atoms with Crippen molar-refractivity contribution in [3.63, 3.8) is 0 Å². The van der Waals surface area contributed by atoms with Crippen molar-refractivity contribution in [1.82, 2.24) is 10.6 Å². The van der Waals surface area contributed by atoms with Crippen molar-refractivity contribution in [2.24, 2.45) is 11.8 Å². The van der Waals surface area contributed by atoms with Crippen LogP contribution in [0.3, 0.4) is 0 Å². The van der Waals surface area contributed by atoms with Gasteiger partial charge in [0.2, 0.25) is 0 Å². The fourth-order valence-corrected chi connectivity index (χ4v) is 7.98. The molecule has 2 aliphatic carbocycles. The molecule has 0 bridgehead atoms. The Balaban J connectivity index is 0.000000216. The summed E-state index contributed by atoms with van der Waals surface area (Å²) in [5.74, 6) is 2.78. The van der Waals surface area contributed by atoms with Gasteiger partial charge in [0.05, 0.1) is 23.0 Å². The average Bonchev–Trinajstić information content (AvgIpc) is 3.57. The molecule has 2 aliphatic heterocycles. The Kier molecular flexibility index (Phi) is 15.3. The van der Waals surface area contributed by atoms with Gasteiger partial charge in [0.25, 0.3) is 22.3 Å². The van der Waals surface area contributed by atoms with Crippen LogP contribution in [0.5, 0.6) is 11.5 Å². The Labute approximate surface area is 302 Å². The third kappa shape index (κ3) is 12.0. The normalized spacial score (nSPS) is 20.0. The van der Waals surface area contributed by atoms with Gasteiger partial charge in [-0.05, 0) is 121 Å². The molecular weight excluding hydrogens is 676 g/mol. The third-order valence-corrected chi connectivity index (χ3v) is 10.9. The number of aryl methyl sites for hydroxylation is 2. The number of nitrogens with one attached hydrogen (secondary N) is 2. The fourth-order valence-electron chi connectivity index (χ4n) is 6.62. The smallest absolute Gasteiger partial charge is 0.290 e. The zero-order chi connectivity index (χ0) is 33.9. The van der Waals surface area contributed by atoms with Crippen molar-refractivity contribution in [2.75, 3.05) is 13.2 Å². The summed E-state index contributed by atoms with van der Waals surface area (Å²) < 4.78 is 11.9. The highest BCUT2D eigenvalue weighted by molar-refractivity contribution is 8.18. The molecule has 11 heteroatoms. The molecule has 2 aromatic carbocycles. The van der Waals surface area contributed by atoms with E-state index in [1.807, 2.05) is 50.2 Å². The molecule has 0 spiro atoms. The van der Waals surface area contributed by atoms with E-state index in [-0.39, 0.29) is 32.2 Å². The largest absolute Gasteiger partial charge is 0.493 e. The molecule has 2 heterocycles. The molecule has 2 saturated heterocycles. The van der Waals surface area contributed by atoms with Crippen LogP contribution < -0.4 is 20.1 Å². The summed E-state index contributed by atoms with van der Waals surface area (Å²) >= 11 is 1.88. The summed E-state index contributed by atoms with van der Waals surface area (Å²) in [5.41, 5.74) is 3.89. The number of imide groups is 2. The van der Waals surface area contributed by atoms with Crippen molar-refractivity contribution in [3.8, 4) is 11.5 Å². The molecule has 4 fully saturated rings. The van der Waals surface area contributed by atoms with Gasteiger partial charge in [-0.1, -0.05) is 76.3 Å². The lowest BCUT2D eigenvalue weighted by molar-refractivity contribution is -0.116. The van der Waals surface area contributed by atoms with E-state index in [9.17, 15) is 19.2 Å². The van der Waals surface area contributed by atoms with E-state index in [0.29, 0.717) is 9.81 Å². The quantitative estimate of drug-likeness (QED) is 0.184. The van der Waals surface area contributed by atoms with Gasteiger partial charge in [0, 0.05) is 0 Å². The maximum Gasteiger partial charge on any atom is 0.290 e. The molecule has 8 nitrogen and oxygen atoms in total. The maximum absolute atomic E-state index is 11.6. The number of rotatable bonds is 10. The molecule has 1 atom stereocenters. The van der Waals surface area contributed by atoms with E-state index in [0.717, 1.165) is 95.2 Å². The van der Waals surface area contributed by atoms with Crippen LogP contribution in [-0.2, 0) is 9.59 Å². The first-order valence-electron chi connectivity index (χ1n) is 17.2. The van der Waals surface area contributed by atoms with Crippen LogP contribution in [0.1, 0.15) is 99.3 Å². The van der Waals surface area contributed by atoms with E-state index < -0.39 is 0 Å². The Hall–Kier alpha value is -3.07. The summed E-state index contributed by atoms with van der Waals surface area (Å²) in [6, 6.07) is 11.7. The topological polar surface area (TPSA) is 111 Å². The number of amides is 4. The van der Waals surface area contributed by atoms with Crippen LogP contribution in [0.4, 0.5) is 9.59 Å². The van der Waals surface area contributed by atoms with Gasteiger partial charge in [-0.3, -0.25) is 29.8 Å². The van der Waals surface area contributed by atoms with Crippen molar-refractivity contribution in [2.45, 2.75) is 90.9 Å². The number of thioether (sulfide) groups is 2. The molecule has 49 heavy (non-hydrogen) atoms. The van der Waals surface area contributed by atoms with Crippen molar-refractivity contribution in [3.05, 3.63) is 68.5 Å². The zero-order valence-corrected chi connectivity index (χ0v) is 31.7. The maximum atomic E-state index is 11.6. The molecule has 0 radical (unpaired) electrons. The van der Waals surface area contributed by atoms with E-state index in [1.165, 1.54) is 64.2 Å². The van der Waals surface area contributed by atoms with Crippen LogP contribution in [-0.4, -0.2) is 35.5 Å². The lowest BCUT2D eigenvalue weighted by Gasteiger charge is -2.21. The highest BCUT2D eigenvalue weighted by atomic mass is 32.2. The van der Waals surface area contributed by atoms with Crippen LogP contribution in [0.25, 0.3) is 12.2 Å². The minimum Gasteiger partial charge on any atom is -0.493 e. The van der Waals surface area contributed by atoms with Gasteiger partial charge in [-0.25, -0.2) is 0 Å². The molecule has 0 aromatic heterocycles. The van der Waals surface area contributed by atoms with Gasteiger partial charge in [0.1, 0.15) is 11.5 Å². The summed E-state index contributed by atoms with van der Waals surface area (Å²) in [7, 11) is 0. The molecule has 4 aliphatic rings. The molecule has 1 unspecified atom stereocenters. The molecular formula is C38H49N2O6PS2. The highest BCUT2D eigenvalue weighted by Gasteiger charge is 2.26. The number of benzene rings is 2. The second kappa shape index (κ2) is 19.4. The van der Waals surface area contributed by atoms with Gasteiger partial charge in [-0.2, -0.15) is 9.90 Å². The Bertz CT molecular complexity index is 1450. The number of hydrogen-bond donors (Lipinski definition) is 2. The van der Waals surface area contributed by atoms with Gasteiger partial charge in [0.15, 0.2) is 0 Å². The first kappa shape index (κ1) is 38.7. The fraction of sp³-hybridized carbons (Fsp3) is 0.474. The first-order chi connectivity index (χ1) is 23.2. The Morgan fingerprint density at radius 3 is 1.35 bits per heavy atom. The minimum absolute atomic E-state index is 0.